The lowest BCUT2D eigenvalue weighted by molar-refractivity contribution is -0.256. The fourth-order valence-electron chi connectivity index (χ4n) is 0.443. The van der Waals surface area contributed by atoms with Crippen LogP contribution in [0.15, 0.2) is 12.4 Å². The topological polar surface area (TPSA) is 91.9 Å². The van der Waals surface area contributed by atoms with E-state index in [0.29, 0.717) is 5.69 Å². The number of hydrogen-bond donors (Lipinski definition) is 1. The van der Waals surface area contributed by atoms with Gasteiger partial charge in [0, 0.05) is 0 Å². The van der Waals surface area contributed by atoms with E-state index in [4.69, 9.17) is 5.73 Å². The van der Waals surface area contributed by atoms with Crippen LogP contribution in [0.3, 0.4) is 0 Å². The van der Waals surface area contributed by atoms with Gasteiger partial charge in [-0.05, 0) is 0 Å². The van der Waals surface area contributed by atoms with Crippen LogP contribution in [0.4, 0.5) is 5.69 Å². The number of hydrogen-bond acceptors (Lipinski definition) is 5. The van der Waals surface area contributed by atoms with Crippen molar-refractivity contribution in [3.05, 3.63) is 18.2 Å². The number of nitrogens with zero attached hydrogens (tertiary/aromatic N) is 2. The molecule has 0 bridgehead atoms. The molecule has 0 amide bonds. The minimum Gasteiger partial charge on any atom is -0.542 e. The Kier molecular flexibility index (Phi) is 1.49. The third-order valence-corrected chi connectivity index (χ3v) is 0.854. The normalized spacial score (nSPS) is 9.20. The minimum absolute atomic E-state index is 0.324. The first-order valence-electron chi connectivity index (χ1n) is 2.49. The molecule has 1 rings (SSSR count). The summed E-state index contributed by atoms with van der Waals surface area (Å²) in [4.78, 5) is 16.8. The molecular weight excluding hydrogens is 134 g/mol. The molecule has 0 aliphatic carbocycles. The lowest BCUT2D eigenvalue weighted by Crippen LogP contribution is -2.24. The van der Waals surface area contributed by atoms with E-state index >= 15 is 0 Å². The molecule has 0 aliphatic heterocycles. The second-order valence-corrected chi connectivity index (χ2v) is 1.63. The molecule has 1 aromatic heterocycles. The van der Waals surface area contributed by atoms with Crippen molar-refractivity contribution in [2.45, 2.75) is 0 Å². The fraction of sp³-hybridized carbons (Fsp3) is 0. The van der Waals surface area contributed by atoms with E-state index in [9.17, 15) is 9.90 Å². The third kappa shape index (κ3) is 1.19. The first-order chi connectivity index (χ1) is 4.70. The van der Waals surface area contributed by atoms with Crippen LogP contribution in [-0.4, -0.2) is 15.9 Å². The van der Waals surface area contributed by atoms with Gasteiger partial charge in [0.1, 0.15) is 5.97 Å². The quantitative estimate of drug-likeness (QED) is 0.505. The molecule has 0 spiro atoms. The van der Waals surface area contributed by atoms with Gasteiger partial charge >= 0.3 is 0 Å². The highest BCUT2D eigenvalue weighted by atomic mass is 16.4. The molecule has 0 saturated carbocycles. The zero-order valence-corrected chi connectivity index (χ0v) is 4.94. The molecule has 0 fully saturated rings. The maximum atomic E-state index is 10.0. The van der Waals surface area contributed by atoms with Crippen LogP contribution in [-0.2, 0) is 0 Å². The molecule has 52 valence electrons. The van der Waals surface area contributed by atoms with Gasteiger partial charge in [0.05, 0.1) is 18.1 Å². The van der Waals surface area contributed by atoms with Gasteiger partial charge in [-0.2, -0.15) is 0 Å². The Morgan fingerprint density at radius 2 is 2.00 bits per heavy atom. The summed E-state index contributed by atoms with van der Waals surface area (Å²) in [6.45, 7) is 0. The number of rotatable bonds is 1. The second kappa shape index (κ2) is 2.30. The zero-order chi connectivity index (χ0) is 7.56. The van der Waals surface area contributed by atoms with Crippen LogP contribution in [0.5, 0.6) is 0 Å². The largest absolute Gasteiger partial charge is 0.542 e. The van der Waals surface area contributed by atoms with Crippen molar-refractivity contribution in [2.24, 2.45) is 0 Å². The van der Waals surface area contributed by atoms with E-state index in [1.165, 1.54) is 12.4 Å². The summed E-state index contributed by atoms with van der Waals surface area (Å²) in [5.41, 5.74) is 5.51. The minimum atomic E-state index is -1.40. The van der Waals surface area contributed by atoms with Gasteiger partial charge in [-0.25, -0.2) is 9.97 Å². The lowest BCUT2D eigenvalue weighted by Gasteiger charge is -1.97. The maximum Gasteiger partial charge on any atom is 0.175 e. The van der Waals surface area contributed by atoms with Gasteiger partial charge in [-0.3, -0.25) is 0 Å². The molecule has 10 heavy (non-hydrogen) atoms. The molecule has 0 atom stereocenters. The lowest BCUT2D eigenvalue weighted by atomic mass is 10.5. The van der Waals surface area contributed by atoms with E-state index in [1.807, 2.05) is 0 Å². The number of carbonyl (C=O) groups excluding carboxylic acids is 1. The van der Waals surface area contributed by atoms with Gasteiger partial charge in [0.25, 0.3) is 0 Å². The van der Waals surface area contributed by atoms with Crippen molar-refractivity contribution in [1.29, 1.82) is 0 Å². The van der Waals surface area contributed by atoms with E-state index < -0.39 is 5.97 Å². The van der Waals surface area contributed by atoms with Crippen LogP contribution in [0.2, 0.25) is 0 Å². The molecule has 0 saturated heterocycles. The summed E-state index contributed by atoms with van der Waals surface area (Å²) in [7, 11) is 0. The number of carboxylic acid groups (broad SMARTS) is 1. The van der Waals surface area contributed by atoms with Crippen molar-refractivity contribution in [2.75, 3.05) is 5.73 Å². The van der Waals surface area contributed by atoms with E-state index in [0.717, 1.165) is 0 Å². The van der Waals surface area contributed by atoms with Crippen LogP contribution in [0, 0.1) is 0 Å². The van der Waals surface area contributed by atoms with Crippen LogP contribution in [0.1, 0.15) is 10.6 Å². The molecule has 0 aromatic carbocycles. The van der Waals surface area contributed by atoms with Crippen molar-refractivity contribution in [3.8, 4) is 0 Å². The van der Waals surface area contributed by atoms with Gasteiger partial charge in [-0.15, -0.1) is 0 Å². The van der Waals surface area contributed by atoms with Crippen LogP contribution >= 0.6 is 0 Å². The first-order valence-corrected chi connectivity index (χ1v) is 2.49. The maximum absolute atomic E-state index is 10.0. The average molecular weight is 138 g/mol. The number of carboxylic acids is 1. The summed E-state index contributed by atoms with van der Waals surface area (Å²) in [5, 5.41) is 10.0. The summed E-state index contributed by atoms with van der Waals surface area (Å²) in [6.07, 6.45) is 2.41. The number of anilines is 1. The van der Waals surface area contributed by atoms with Gasteiger partial charge in [0.15, 0.2) is 5.82 Å². The fourth-order valence-corrected chi connectivity index (χ4v) is 0.443. The Morgan fingerprint density at radius 1 is 1.50 bits per heavy atom. The highest BCUT2D eigenvalue weighted by molar-refractivity contribution is 5.80. The molecule has 2 N–H and O–H groups in total. The summed E-state index contributed by atoms with van der Waals surface area (Å²) < 4.78 is 0. The van der Waals surface area contributed by atoms with E-state index in [1.54, 1.807) is 0 Å². The number of aromatic nitrogens is 2. The van der Waals surface area contributed by atoms with Gasteiger partial charge < -0.3 is 15.6 Å². The molecule has 5 heteroatoms. The first kappa shape index (κ1) is 6.47. The van der Waals surface area contributed by atoms with Crippen molar-refractivity contribution in [1.82, 2.24) is 9.97 Å². The molecular formula is C5H4N3O2-. The second-order valence-electron chi connectivity index (χ2n) is 1.63. The number of nitrogen functional groups attached to an aromatic ring is 1. The molecule has 5 nitrogen and oxygen atoms in total. The summed E-state index contributed by atoms with van der Waals surface area (Å²) in [6, 6.07) is 0. The SMILES string of the molecule is Nc1cnc(C(=O)[O-])nc1. The molecule has 1 aromatic rings. The summed E-state index contributed by atoms with van der Waals surface area (Å²) in [5.74, 6) is -1.76. The highest BCUT2D eigenvalue weighted by Gasteiger charge is 1.93. The third-order valence-electron chi connectivity index (χ3n) is 0.854. The average Bonchev–Trinajstić information content (AvgIpc) is 1.88. The van der Waals surface area contributed by atoms with Gasteiger partial charge in [-0.1, -0.05) is 0 Å². The Balaban J connectivity index is 3.00. The van der Waals surface area contributed by atoms with E-state index in [-0.39, 0.29) is 5.82 Å². The molecule has 0 radical (unpaired) electrons. The van der Waals surface area contributed by atoms with Crippen molar-refractivity contribution >= 4 is 11.7 Å². The van der Waals surface area contributed by atoms with E-state index in [2.05, 4.69) is 9.97 Å². The predicted molar refractivity (Wildman–Crippen MR) is 30.8 cm³/mol. The van der Waals surface area contributed by atoms with Crippen LogP contribution < -0.4 is 10.8 Å². The monoisotopic (exact) mass is 138 g/mol. The van der Waals surface area contributed by atoms with Crippen molar-refractivity contribution < 1.29 is 9.90 Å². The Bertz CT molecular complexity index is 244. The highest BCUT2D eigenvalue weighted by Crippen LogP contribution is 1.94. The Morgan fingerprint density at radius 3 is 2.40 bits per heavy atom. The number of carbonyl (C=O) groups is 1. The standard InChI is InChI=1S/C5H5N3O2/c6-3-1-7-4(5(9)10)8-2-3/h1-2H,6H2,(H,9,10)/p-1. The summed E-state index contributed by atoms with van der Waals surface area (Å²) >= 11 is 0. The Labute approximate surface area is 56.5 Å². The molecule has 1 heterocycles. The number of aromatic carboxylic acids is 1. The molecule has 0 aliphatic rings. The molecule has 0 unspecified atom stereocenters. The van der Waals surface area contributed by atoms with Gasteiger partial charge in [0.2, 0.25) is 0 Å². The smallest absolute Gasteiger partial charge is 0.175 e. The zero-order valence-electron chi connectivity index (χ0n) is 4.94. The van der Waals surface area contributed by atoms with Crippen LogP contribution in [0.25, 0.3) is 0 Å². The Hall–Kier alpha value is -1.65. The van der Waals surface area contributed by atoms with Crippen molar-refractivity contribution in [3.63, 3.8) is 0 Å². The number of nitrogens with two attached hydrogens (primary N) is 1. The predicted octanol–water partition coefficient (Wildman–Crippen LogP) is -1.58.